The molecule has 0 amide bonds. The minimum Gasteiger partial charge on any atom is -0.337 e. The molecule has 0 spiro atoms. The summed E-state index contributed by atoms with van der Waals surface area (Å²) in [5, 5.41) is 3.57. The van der Waals surface area contributed by atoms with E-state index < -0.39 is 5.82 Å². The van der Waals surface area contributed by atoms with E-state index in [-0.39, 0.29) is 5.69 Å². The van der Waals surface area contributed by atoms with Crippen LogP contribution in [0.2, 0.25) is 10.2 Å². The zero-order valence-electron chi connectivity index (χ0n) is 9.76. The van der Waals surface area contributed by atoms with Crippen LogP contribution in [0.4, 0.5) is 15.9 Å². The molecule has 2 aromatic rings. The zero-order chi connectivity index (χ0) is 13.3. The number of halogens is 3. The van der Waals surface area contributed by atoms with E-state index in [0.717, 1.165) is 0 Å². The highest BCUT2D eigenvalue weighted by Gasteiger charge is 2.10. The van der Waals surface area contributed by atoms with Gasteiger partial charge >= 0.3 is 0 Å². The van der Waals surface area contributed by atoms with Gasteiger partial charge in [0.1, 0.15) is 22.6 Å². The third kappa shape index (κ3) is 2.71. The molecule has 1 N–H and O–H groups in total. The molecule has 0 saturated carbocycles. The fourth-order valence-electron chi connectivity index (χ4n) is 1.43. The summed E-state index contributed by atoms with van der Waals surface area (Å²) in [6, 6.07) is 4.37. The number of nitrogens with one attached hydrogen (secondary N) is 1. The summed E-state index contributed by atoms with van der Waals surface area (Å²) in [4.78, 5) is 8.20. The van der Waals surface area contributed by atoms with Crippen molar-refractivity contribution in [2.75, 3.05) is 5.32 Å². The van der Waals surface area contributed by atoms with Crippen LogP contribution in [-0.4, -0.2) is 9.97 Å². The highest BCUT2D eigenvalue weighted by atomic mass is 35.5. The lowest BCUT2D eigenvalue weighted by Gasteiger charge is -2.11. The van der Waals surface area contributed by atoms with E-state index in [1.807, 2.05) is 0 Å². The molecule has 0 bridgehead atoms. The van der Waals surface area contributed by atoms with Gasteiger partial charge in [0.15, 0.2) is 0 Å². The van der Waals surface area contributed by atoms with Crippen LogP contribution in [0.5, 0.6) is 0 Å². The van der Waals surface area contributed by atoms with Gasteiger partial charge in [-0.1, -0.05) is 23.2 Å². The van der Waals surface area contributed by atoms with Crippen LogP contribution in [0.1, 0.15) is 11.4 Å². The lowest BCUT2D eigenvalue weighted by molar-refractivity contribution is 0.632. The number of hydrogen-bond donors (Lipinski definition) is 1. The number of hydrogen-bond acceptors (Lipinski definition) is 3. The van der Waals surface area contributed by atoms with Crippen molar-refractivity contribution < 1.29 is 4.39 Å². The second kappa shape index (κ2) is 5.08. The molecule has 1 aromatic carbocycles. The standard InChI is InChI=1S/C12H10Cl2FN3/c1-6-11(14)16-7(2)17-12(6)18-10-4-3-8(13)5-9(10)15/h3-5H,1-2H3,(H,16,17,18). The average molecular weight is 286 g/mol. The Bertz CT molecular complexity index is 602. The van der Waals surface area contributed by atoms with Crippen molar-refractivity contribution in [3.63, 3.8) is 0 Å². The summed E-state index contributed by atoms with van der Waals surface area (Å²) in [6.45, 7) is 3.48. The first-order chi connectivity index (χ1) is 8.47. The molecule has 0 aliphatic rings. The Hall–Kier alpha value is -1.39. The van der Waals surface area contributed by atoms with E-state index in [1.165, 1.54) is 6.07 Å². The molecule has 1 aromatic heterocycles. The summed E-state index contributed by atoms with van der Waals surface area (Å²) in [7, 11) is 0. The van der Waals surface area contributed by atoms with Crippen LogP contribution in [0.15, 0.2) is 18.2 Å². The number of aryl methyl sites for hydroxylation is 1. The summed E-state index contributed by atoms with van der Waals surface area (Å²) in [5.74, 6) is 0.547. The molecule has 2 rings (SSSR count). The minimum atomic E-state index is -0.450. The summed E-state index contributed by atoms with van der Waals surface area (Å²) in [5.41, 5.74) is 0.952. The third-order valence-corrected chi connectivity index (χ3v) is 2.99. The number of anilines is 2. The first kappa shape index (κ1) is 13.1. The van der Waals surface area contributed by atoms with E-state index in [0.29, 0.717) is 27.4 Å². The summed E-state index contributed by atoms with van der Waals surface area (Å²) in [6.07, 6.45) is 0. The van der Waals surface area contributed by atoms with Gasteiger partial charge in [0.2, 0.25) is 0 Å². The van der Waals surface area contributed by atoms with Crippen LogP contribution in [-0.2, 0) is 0 Å². The maximum atomic E-state index is 13.6. The largest absolute Gasteiger partial charge is 0.337 e. The molecule has 0 aliphatic carbocycles. The normalized spacial score (nSPS) is 10.5. The van der Waals surface area contributed by atoms with Gasteiger partial charge in [-0.05, 0) is 32.0 Å². The van der Waals surface area contributed by atoms with Crippen molar-refractivity contribution in [3.8, 4) is 0 Å². The van der Waals surface area contributed by atoms with Gasteiger partial charge in [-0.2, -0.15) is 0 Å². The smallest absolute Gasteiger partial charge is 0.148 e. The highest BCUT2D eigenvalue weighted by molar-refractivity contribution is 6.31. The summed E-state index contributed by atoms with van der Waals surface area (Å²) >= 11 is 11.6. The molecule has 3 nitrogen and oxygen atoms in total. The molecule has 94 valence electrons. The Morgan fingerprint density at radius 1 is 1.17 bits per heavy atom. The average Bonchev–Trinajstić information content (AvgIpc) is 2.29. The highest BCUT2D eigenvalue weighted by Crippen LogP contribution is 2.26. The molecule has 0 aliphatic heterocycles. The van der Waals surface area contributed by atoms with Crippen molar-refractivity contribution in [2.45, 2.75) is 13.8 Å². The Morgan fingerprint density at radius 3 is 2.56 bits per heavy atom. The zero-order valence-corrected chi connectivity index (χ0v) is 11.3. The van der Waals surface area contributed by atoms with Gasteiger partial charge in [-0.3, -0.25) is 0 Å². The first-order valence-corrected chi connectivity index (χ1v) is 5.96. The van der Waals surface area contributed by atoms with E-state index >= 15 is 0 Å². The van der Waals surface area contributed by atoms with E-state index in [4.69, 9.17) is 23.2 Å². The predicted octanol–water partition coefficient (Wildman–Crippen LogP) is 4.28. The first-order valence-electron chi connectivity index (χ1n) is 5.20. The lowest BCUT2D eigenvalue weighted by Crippen LogP contribution is -2.02. The fraction of sp³-hybridized carbons (Fsp3) is 0.167. The van der Waals surface area contributed by atoms with Gasteiger partial charge in [-0.25, -0.2) is 14.4 Å². The Balaban J connectivity index is 2.40. The number of rotatable bonds is 2. The SMILES string of the molecule is Cc1nc(Cl)c(C)c(Nc2ccc(Cl)cc2F)n1. The Kier molecular flexibility index (Phi) is 3.68. The van der Waals surface area contributed by atoms with Gasteiger partial charge in [0, 0.05) is 10.6 Å². The van der Waals surface area contributed by atoms with E-state index in [2.05, 4.69) is 15.3 Å². The quantitative estimate of drug-likeness (QED) is 0.837. The number of benzene rings is 1. The Morgan fingerprint density at radius 2 is 1.89 bits per heavy atom. The maximum Gasteiger partial charge on any atom is 0.148 e. The maximum absolute atomic E-state index is 13.6. The van der Waals surface area contributed by atoms with Crippen molar-refractivity contribution >= 4 is 34.7 Å². The van der Waals surface area contributed by atoms with Crippen LogP contribution >= 0.6 is 23.2 Å². The van der Waals surface area contributed by atoms with Gasteiger partial charge in [-0.15, -0.1) is 0 Å². The van der Waals surface area contributed by atoms with Gasteiger partial charge in [0.25, 0.3) is 0 Å². The van der Waals surface area contributed by atoms with Crippen LogP contribution in [0.25, 0.3) is 0 Å². The second-order valence-electron chi connectivity index (χ2n) is 3.78. The molecule has 0 unspecified atom stereocenters. The van der Waals surface area contributed by atoms with E-state index in [1.54, 1.807) is 26.0 Å². The van der Waals surface area contributed by atoms with Crippen LogP contribution in [0.3, 0.4) is 0 Å². The van der Waals surface area contributed by atoms with Crippen molar-refractivity contribution in [1.82, 2.24) is 9.97 Å². The molecule has 1 heterocycles. The van der Waals surface area contributed by atoms with Crippen molar-refractivity contribution in [1.29, 1.82) is 0 Å². The second-order valence-corrected chi connectivity index (χ2v) is 4.58. The lowest BCUT2D eigenvalue weighted by atomic mass is 10.2. The fourth-order valence-corrected chi connectivity index (χ4v) is 1.80. The van der Waals surface area contributed by atoms with Crippen LogP contribution in [0, 0.1) is 19.7 Å². The number of aromatic nitrogens is 2. The molecular formula is C12H10Cl2FN3. The molecule has 0 fully saturated rings. The monoisotopic (exact) mass is 285 g/mol. The van der Waals surface area contributed by atoms with Crippen molar-refractivity contribution in [2.24, 2.45) is 0 Å². The third-order valence-electron chi connectivity index (χ3n) is 2.38. The predicted molar refractivity (Wildman–Crippen MR) is 71.2 cm³/mol. The van der Waals surface area contributed by atoms with Gasteiger partial charge < -0.3 is 5.32 Å². The summed E-state index contributed by atoms with van der Waals surface area (Å²) < 4.78 is 13.6. The molecule has 18 heavy (non-hydrogen) atoms. The minimum absolute atomic E-state index is 0.289. The molecule has 0 radical (unpaired) electrons. The van der Waals surface area contributed by atoms with E-state index in [9.17, 15) is 4.39 Å². The van der Waals surface area contributed by atoms with Crippen molar-refractivity contribution in [3.05, 3.63) is 45.6 Å². The topological polar surface area (TPSA) is 37.8 Å². The van der Waals surface area contributed by atoms with Crippen LogP contribution < -0.4 is 5.32 Å². The molecular weight excluding hydrogens is 276 g/mol. The number of nitrogens with zero attached hydrogens (tertiary/aromatic N) is 2. The molecule has 6 heteroatoms. The molecule has 0 atom stereocenters. The Labute approximate surface area is 114 Å². The van der Waals surface area contributed by atoms with Gasteiger partial charge in [0.05, 0.1) is 5.69 Å². The molecule has 0 saturated heterocycles.